The number of nitrogens with one attached hydrogen (secondary N) is 2. The fourth-order valence-electron chi connectivity index (χ4n) is 3.24. The Hall–Kier alpha value is -2.39. The molecule has 1 aromatic carbocycles. The zero-order valence-corrected chi connectivity index (χ0v) is 16.7. The Bertz CT molecular complexity index is 695. The summed E-state index contributed by atoms with van der Waals surface area (Å²) in [5.74, 6) is -0.574. The van der Waals surface area contributed by atoms with Crippen molar-refractivity contribution >= 4 is 11.8 Å². The third-order valence-corrected chi connectivity index (χ3v) is 4.89. The van der Waals surface area contributed by atoms with Gasteiger partial charge in [-0.3, -0.25) is 9.59 Å². The van der Waals surface area contributed by atoms with Gasteiger partial charge in [-0.25, -0.2) is 0 Å². The summed E-state index contributed by atoms with van der Waals surface area (Å²) in [7, 11) is 2.01. The first-order valence-electron chi connectivity index (χ1n) is 9.42. The number of carbonyl (C=O) groups is 2. The Morgan fingerprint density at radius 1 is 1.22 bits per heavy atom. The predicted octanol–water partition coefficient (Wildman–Crippen LogP) is 2.33. The second kappa shape index (κ2) is 8.53. The molecule has 6 nitrogen and oxygen atoms in total. The van der Waals surface area contributed by atoms with Crippen LogP contribution in [0, 0.1) is 16.7 Å². The van der Waals surface area contributed by atoms with Gasteiger partial charge in [-0.05, 0) is 43.9 Å². The van der Waals surface area contributed by atoms with E-state index < -0.39 is 11.6 Å². The monoisotopic (exact) mass is 370 g/mol. The lowest BCUT2D eigenvalue weighted by atomic mass is 9.85. The molecule has 0 aliphatic carbocycles. The first-order valence-corrected chi connectivity index (χ1v) is 9.42. The van der Waals surface area contributed by atoms with Gasteiger partial charge in [-0.1, -0.05) is 39.0 Å². The fraction of sp³-hybridized carbons (Fsp3) is 0.571. The topological polar surface area (TPSA) is 85.2 Å². The molecule has 1 unspecified atom stereocenters. The number of likely N-dealkylation sites (tertiary alicyclic amines) is 1. The predicted molar refractivity (Wildman–Crippen MR) is 105 cm³/mol. The van der Waals surface area contributed by atoms with Crippen molar-refractivity contribution in [3.8, 4) is 6.07 Å². The van der Waals surface area contributed by atoms with Gasteiger partial charge in [0.25, 0.3) is 5.91 Å². The van der Waals surface area contributed by atoms with Crippen molar-refractivity contribution in [2.75, 3.05) is 20.1 Å². The van der Waals surface area contributed by atoms with Crippen LogP contribution in [0.3, 0.4) is 0 Å². The lowest BCUT2D eigenvalue weighted by Gasteiger charge is -2.37. The molecule has 2 amide bonds. The van der Waals surface area contributed by atoms with Gasteiger partial charge in [0, 0.05) is 18.7 Å². The normalized spacial score (nSPS) is 18.2. The molecule has 0 aromatic heterocycles. The molecule has 1 aliphatic rings. The van der Waals surface area contributed by atoms with Gasteiger partial charge in [-0.15, -0.1) is 0 Å². The first-order chi connectivity index (χ1) is 12.6. The number of piperidine rings is 1. The van der Waals surface area contributed by atoms with Gasteiger partial charge in [-0.2, -0.15) is 5.26 Å². The maximum Gasteiger partial charge on any atom is 0.251 e. The van der Waals surface area contributed by atoms with Crippen LogP contribution in [0.15, 0.2) is 30.3 Å². The number of nitriles is 1. The maximum absolute atomic E-state index is 13.0. The summed E-state index contributed by atoms with van der Waals surface area (Å²) in [6, 6.07) is 10.5. The van der Waals surface area contributed by atoms with Crippen molar-refractivity contribution in [1.82, 2.24) is 15.5 Å². The van der Waals surface area contributed by atoms with Crippen LogP contribution in [0.1, 0.15) is 50.4 Å². The summed E-state index contributed by atoms with van der Waals surface area (Å²) in [5, 5.41) is 15.5. The molecule has 6 heteroatoms. The van der Waals surface area contributed by atoms with Gasteiger partial charge in [0.05, 0.1) is 6.07 Å². The Kier molecular flexibility index (Phi) is 6.61. The van der Waals surface area contributed by atoms with E-state index in [1.165, 1.54) is 0 Å². The summed E-state index contributed by atoms with van der Waals surface area (Å²) in [6.45, 7) is 7.59. The molecule has 0 saturated carbocycles. The average molecular weight is 370 g/mol. The summed E-state index contributed by atoms with van der Waals surface area (Å²) in [5.41, 5.74) is -0.506. The minimum Gasteiger partial charge on any atom is -0.340 e. The number of hydrogen-bond donors (Lipinski definition) is 2. The van der Waals surface area contributed by atoms with Crippen LogP contribution < -0.4 is 10.6 Å². The van der Waals surface area contributed by atoms with E-state index in [0.29, 0.717) is 24.8 Å². The number of amides is 2. The molecule has 27 heavy (non-hydrogen) atoms. The molecule has 2 N–H and O–H groups in total. The van der Waals surface area contributed by atoms with Crippen molar-refractivity contribution in [1.29, 1.82) is 5.26 Å². The molecule has 2 rings (SSSR count). The Balaban J connectivity index is 2.14. The molecule has 1 aliphatic heterocycles. The lowest BCUT2D eigenvalue weighted by Crippen LogP contribution is -2.59. The quantitative estimate of drug-likeness (QED) is 0.833. The van der Waals surface area contributed by atoms with Crippen molar-refractivity contribution in [3.05, 3.63) is 35.9 Å². The Morgan fingerprint density at radius 3 is 2.33 bits per heavy atom. The zero-order chi connectivity index (χ0) is 20.1. The molecule has 1 fully saturated rings. The molecule has 1 heterocycles. The van der Waals surface area contributed by atoms with Crippen LogP contribution in [0.4, 0.5) is 0 Å². The van der Waals surface area contributed by atoms with Gasteiger partial charge in [0.2, 0.25) is 5.91 Å². The highest BCUT2D eigenvalue weighted by Gasteiger charge is 2.38. The van der Waals surface area contributed by atoms with Gasteiger partial charge in [0.1, 0.15) is 11.6 Å². The summed E-state index contributed by atoms with van der Waals surface area (Å²) in [6.07, 6.45) is 1.65. The largest absolute Gasteiger partial charge is 0.340 e. The third kappa shape index (κ3) is 6.07. The van der Waals surface area contributed by atoms with Crippen LogP contribution in [0.25, 0.3) is 0 Å². The Morgan fingerprint density at radius 2 is 1.81 bits per heavy atom. The van der Waals surface area contributed by atoms with E-state index in [1.54, 1.807) is 24.3 Å². The van der Waals surface area contributed by atoms with E-state index in [0.717, 1.165) is 13.1 Å². The molecule has 0 radical (unpaired) electrons. The lowest BCUT2D eigenvalue weighted by molar-refractivity contribution is -0.125. The van der Waals surface area contributed by atoms with Crippen molar-refractivity contribution in [3.63, 3.8) is 0 Å². The molecular weight excluding hydrogens is 340 g/mol. The number of benzene rings is 1. The average Bonchev–Trinajstić information content (AvgIpc) is 2.63. The van der Waals surface area contributed by atoms with E-state index in [1.807, 2.05) is 33.9 Å². The molecule has 1 aromatic rings. The Labute approximate surface area is 161 Å². The minimum atomic E-state index is -0.864. The SMILES string of the molecule is CN1CCC(C#N)(NC(=O)C(CC(C)(C)C)NC(=O)c2ccccc2)CC1. The van der Waals surface area contributed by atoms with E-state index in [-0.39, 0.29) is 17.2 Å². The summed E-state index contributed by atoms with van der Waals surface area (Å²) < 4.78 is 0. The zero-order valence-electron chi connectivity index (χ0n) is 16.7. The summed E-state index contributed by atoms with van der Waals surface area (Å²) in [4.78, 5) is 27.7. The van der Waals surface area contributed by atoms with Crippen molar-refractivity contribution in [2.24, 2.45) is 5.41 Å². The van der Waals surface area contributed by atoms with Crippen LogP contribution in [-0.4, -0.2) is 48.4 Å². The van der Waals surface area contributed by atoms with Crippen LogP contribution in [0.5, 0.6) is 0 Å². The third-order valence-electron chi connectivity index (χ3n) is 4.89. The number of nitrogens with zero attached hydrogens (tertiary/aromatic N) is 2. The second-order valence-electron chi connectivity index (χ2n) is 8.64. The van der Waals surface area contributed by atoms with Gasteiger partial charge < -0.3 is 15.5 Å². The van der Waals surface area contributed by atoms with E-state index in [9.17, 15) is 14.9 Å². The van der Waals surface area contributed by atoms with Crippen molar-refractivity contribution in [2.45, 2.75) is 51.6 Å². The van der Waals surface area contributed by atoms with Crippen LogP contribution >= 0.6 is 0 Å². The van der Waals surface area contributed by atoms with E-state index >= 15 is 0 Å². The molecule has 0 spiro atoms. The fourth-order valence-corrected chi connectivity index (χ4v) is 3.24. The van der Waals surface area contributed by atoms with Gasteiger partial charge in [0.15, 0.2) is 0 Å². The van der Waals surface area contributed by atoms with Gasteiger partial charge >= 0.3 is 0 Å². The molecule has 146 valence electrons. The molecule has 1 atom stereocenters. The number of carbonyl (C=O) groups excluding carboxylic acids is 2. The maximum atomic E-state index is 13.0. The smallest absolute Gasteiger partial charge is 0.251 e. The van der Waals surface area contributed by atoms with E-state index in [4.69, 9.17) is 0 Å². The van der Waals surface area contributed by atoms with Crippen LogP contribution in [-0.2, 0) is 4.79 Å². The number of hydrogen-bond acceptors (Lipinski definition) is 4. The molecule has 0 bridgehead atoms. The first kappa shape index (κ1) is 20.9. The second-order valence-corrected chi connectivity index (χ2v) is 8.64. The highest BCUT2D eigenvalue weighted by Crippen LogP contribution is 2.24. The molecule has 1 saturated heterocycles. The summed E-state index contributed by atoms with van der Waals surface area (Å²) >= 11 is 0. The molecular formula is C21H30N4O2. The highest BCUT2D eigenvalue weighted by atomic mass is 16.2. The van der Waals surface area contributed by atoms with E-state index in [2.05, 4.69) is 21.6 Å². The minimum absolute atomic E-state index is 0.154. The van der Waals surface area contributed by atoms with Crippen LogP contribution in [0.2, 0.25) is 0 Å². The standard InChI is InChI=1S/C21H30N4O2/c1-20(2,3)14-17(23-18(26)16-8-6-5-7-9-16)19(27)24-21(15-22)10-12-25(4)13-11-21/h5-9,17H,10-14H2,1-4H3,(H,23,26)(H,24,27). The van der Waals surface area contributed by atoms with Crippen molar-refractivity contribution < 1.29 is 9.59 Å². The highest BCUT2D eigenvalue weighted by molar-refractivity contribution is 5.97. The number of rotatable bonds is 5.